The predicted molar refractivity (Wildman–Crippen MR) is 76.2 cm³/mol. The van der Waals surface area contributed by atoms with Crippen molar-refractivity contribution in [3.63, 3.8) is 0 Å². The minimum Gasteiger partial charge on any atom is -0.453 e. The molecule has 0 rings (SSSR count). The van der Waals surface area contributed by atoms with Crippen molar-refractivity contribution >= 4 is 11.9 Å². The zero-order valence-corrected chi connectivity index (χ0v) is 13.1. The van der Waals surface area contributed by atoms with Gasteiger partial charge in [0.1, 0.15) is 0 Å². The summed E-state index contributed by atoms with van der Waals surface area (Å²) in [6, 6.07) is -0.493. The zero-order valence-electron chi connectivity index (χ0n) is 13.1. The molecule has 19 heavy (non-hydrogen) atoms. The SMILES string of the molecule is CCN(CC)CC[C@H](NC(=O)OC)C(=O)C(C)(C)C. The monoisotopic (exact) mass is 272 g/mol. The smallest absolute Gasteiger partial charge is 0.407 e. The summed E-state index contributed by atoms with van der Waals surface area (Å²) in [5.74, 6) is 0.0325. The van der Waals surface area contributed by atoms with Crippen molar-refractivity contribution in [2.24, 2.45) is 5.41 Å². The maximum absolute atomic E-state index is 12.3. The van der Waals surface area contributed by atoms with Gasteiger partial charge in [-0.15, -0.1) is 0 Å². The number of amides is 1. The highest BCUT2D eigenvalue weighted by Gasteiger charge is 2.30. The molecule has 112 valence electrons. The number of carbonyl (C=O) groups excluding carboxylic acids is 2. The summed E-state index contributed by atoms with van der Waals surface area (Å²) in [5.41, 5.74) is -0.477. The number of ketones is 1. The van der Waals surface area contributed by atoms with Crippen LogP contribution in [0.2, 0.25) is 0 Å². The van der Waals surface area contributed by atoms with Gasteiger partial charge in [0.15, 0.2) is 5.78 Å². The molecule has 0 unspecified atom stereocenters. The fourth-order valence-electron chi connectivity index (χ4n) is 1.84. The highest BCUT2D eigenvalue weighted by Crippen LogP contribution is 2.18. The molecule has 0 aromatic carbocycles. The summed E-state index contributed by atoms with van der Waals surface area (Å²) < 4.78 is 4.59. The van der Waals surface area contributed by atoms with Crippen molar-refractivity contribution in [2.45, 2.75) is 47.1 Å². The number of hydrogen-bond acceptors (Lipinski definition) is 4. The number of nitrogens with one attached hydrogen (secondary N) is 1. The van der Waals surface area contributed by atoms with Crippen LogP contribution in [-0.2, 0) is 9.53 Å². The first-order chi connectivity index (χ1) is 8.76. The van der Waals surface area contributed by atoms with Gasteiger partial charge in [-0.2, -0.15) is 0 Å². The van der Waals surface area contributed by atoms with E-state index in [9.17, 15) is 9.59 Å². The Kier molecular flexibility index (Phi) is 7.68. The molecule has 1 atom stereocenters. The van der Waals surface area contributed by atoms with E-state index < -0.39 is 17.6 Å². The standard InChI is InChI=1S/C14H28N2O3/c1-7-16(8-2)10-9-11(15-13(18)19-6)12(17)14(3,4)5/h11H,7-10H2,1-6H3,(H,15,18)/t11-/m0/s1. The molecule has 0 radical (unpaired) electrons. The van der Waals surface area contributed by atoms with Crippen molar-refractivity contribution in [3.05, 3.63) is 0 Å². The Balaban J connectivity index is 4.68. The summed E-state index contributed by atoms with van der Waals surface area (Å²) in [7, 11) is 1.30. The molecule has 0 fully saturated rings. The van der Waals surface area contributed by atoms with Crippen LogP contribution in [-0.4, -0.2) is 49.6 Å². The maximum atomic E-state index is 12.3. The number of Topliss-reactive ketones (excluding diaryl/α,β-unsaturated/α-hetero) is 1. The molecule has 1 amide bonds. The normalized spacial score (nSPS) is 13.2. The lowest BCUT2D eigenvalue weighted by atomic mass is 9.85. The van der Waals surface area contributed by atoms with Crippen LogP contribution >= 0.6 is 0 Å². The van der Waals surface area contributed by atoms with E-state index in [-0.39, 0.29) is 5.78 Å². The minimum absolute atomic E-state index is 0.0325. The van der Waals surface area contributed by atoms with Crippen LogP contribution in [0.15, 0.2) is 0 Å². The van der Waals surface area contributed by atoms with Crippen molar-refractivity contribution in [3.8, 4) is 0 Å². The van der Waals surface area contributed by atoms with Crippen LogP contribution in [0, 0.1) is 5.41 Å². The molecule has 1 N–H and O–H groups in total. The lowest BCUT2D eigenvalue weighted by Gasteiger charge is -2.27. The van der Waals surface area contributed by atoms with Crippen molar-refractivity contribution in [2.75, 3.05) is 26.7 Å². The number of hydrogen-bond donors (Lipinski definition) is 1. The molecule has 5 heteroatoms. The molecule has 0 aliphatic heterocycles. The van der Waals surface area contributed by atoms with Gasteiger partial charge in [0.25, 0.3) is 0 Å². The highest BCUT2D eigenvalue weighted by atomic mass is 16.5. The first-order valence-electron chi connectivity index (χ1n) is 6.87. The molecule has 0 bridgehead atoms. The number of carbonyl (C=O) groups is 2. The van der Waals surface area contributed by atoms with E-state index in [1.807, 2.05) is 20.8 Å². The molecule has 0 aliphatic rings. The van der Waals surface area contributed by atoms with E-state index in [2.05, 4.69) is 28.8 Å². The van der Waals surface area contributed by atoms with Gasteiger partial charge in [0.05, 0.1) is 13.2 Å². The topological polar surface area (TPSA) is 58.6 Å². The quantitative estimate of drug-likeness (QED) is 0.770. The summed E-state index contributed by atoms with van der Waals surface area (Å²) >= 11 is 0. The van der Waals surface area contributed by atoms with E-state index >= 15 is 0 Å². The second-order valence-electron chi connectivity index (χ2n) is 5.62. The summed E-state index contributed by atoms with van der Waals surface area (Å²) in [4.78, 5) is 25.9. The predicted octanol–water partition coefficient (Wildman–Crippen LogP) is 2.06. The Morgan fingerprint density at radius 1 is 1.21 bits per heavy atom. The van der Waals surface area contributed by atoms with E-state index in [1.54, 1.807) is 0 Å². The average Bonchev–Trinajstić information content (AvgIpc) is 2.36. The van der Waals surface area contributed by atoms with E-state index in [1.165, 1.54) is 7.11 Å². The van der Waals surface area contributed by atoms with Gasteiger partial charge in [-0.25, -0.2) is 4.79 Å². The van der Waals surface area contributed by atoms with Crippen molar-refractivity contribution in [1.29, 1.82) is 0 Å². The minimum atomic E-state index is -0.554. The third kappa shape index (κ3) is 6.57. The molecule has 0 spiro atoms. The molecular weight excluding hydrogens is 244 g/mol. The first-order valence-corrected chi connectivity index (χ1v) is 6.87. The fourth-order valence-corrected chi connectivity index (χ4v) is 1.84. The van der Waals surface area contributed by atoms with Crippen LogP contribution in [0.5, 0.6) is 0 Å². The van der Waals surface area contributed by atoms with Crippen LogP contribution < -0.4 is 5.32 Å². The second kappa shape index (κ2) is 8.15. The molecule has 0 heterocycles. The third-order valence-corrected chi connectivity index (χ3v) is 3.16. The van der Waals surface area contributed by atoms with Gasteiger partial charge in [-0.05, 0) is 19.5 Å². The highest BCUT2D eigenvalue weighted by molar-refractivity contribution is 5.91. The van der Waals surface area contributed by atoms with Gasteiger partial charge in [-0.1, -0.05) is 34.6 Å². The van der Waals surface area contributed by atoms with E-state index in [0.29, 0.717) is 6.42 Å². The van der Waals surface area contributed by atoms with Gasteiger partial charge < -0.3 is 15.0 Å². The van der Waals surface area contributed by atoms with Gasteiger partial charge in [0.2, 0.25) is 0 Å². The molecule has 0 aromatic heterocycles. The molecular formula is C14H28N2O3. The Morgan fingerprint density at radius 2 is 1.74 bits per heavy atom. The lowest BCUT2D eigenvalue weighted by Crippen LogP contribution is -2.47. The van der Waals surface area contributed by atoms with Gasteiger partial charge in [0, 0.05) is 12.0 Å². The number of alkyl carbamates (subject to hydrolysis) is 1. The Bertz CT molecular complexity index is 294. The maximum Gasteiger partial charge on any atom is 0.407 e. The molecule has 0 aromatic rings. The Hall–Kier alpha value is -1.10. The number of ether oxygens (including phenoxy) is 1. The average molecular weight is 272 g/mol. The van der Waals surface area contributed by atoms with E-state index in [4.69, 9.17) is 0 Å². The molecule has 0 aliphatic carbocycles. The van der Waals surface area contributed by atoms with Gasteiger partial charge >= 0.3 is 6.09 Å². The number of methoxy groups -OCH3 is 1. The lowest BCUT2D eigenvalue weighted by molar-refractivity contribution is -0.128. The molecule has 0 saturated heterocycles. The largest absolute Gasteiger partial charge is 0.453 e. The number of rotatable bonds is 7. The van der Waals surface area contributed by atoms with Gasteiger partial charge in [-0.3, -0.25) is 4.79 Å². The van der Waals surface area contributed by atoms with Crippen molar-refractivity contribution in [1.82, 2.24) is 10.2 Å². The third-order valence-electron chi connectivity index (χ3n) is 3.16. The summed E-state index contributed by atoms with van der Waals surface area (Å²) in [6.07, 6.45) is 0.0505. The number of nitrogens with zero attached hydrogens (tertiary/aromatic N) is 1. The first kappa shape index (κ1) is 17.9. The Morgan fingerprint density at radius 3 is 2.11 bits per heavy atom. The van der Waals surface area contributed by atoms with Crippen molar-refractivity contribution < 1.29 is 14.3 Å². The summed E-state index contributed by atoms with van der Waals surface area (Å²) in [6.45, 7) is 12.4. The van der Waals surface area contributed by atoms with Crippen LogP contribution in [0.3, 0.4) is 0 Å². The Labute approximate surface area is 116 Å². The molecule has 5 nitrogen and oxygen atoms in total. The summed E-state index contributed by atoms with van der Waals surface area (Å²) in [5, 5.41) is 2.64. The van der Waals surface area contributed by atoms with Crippen LogP contribution in [0.4, 0.5) is 4.79 Å². The van der Waals surface area contributed by atoms with Crippen LogP contribution in [0.25, 0.3) is 0 Å². The second-order valence-corrected chi connectivity index (χ2v) is 5.62. The zero-order chi connectivity index (χ0) is 15.1. The van der Waals surface area contributed by atoms with Crippen LogP contribution in [0.1, 0.15) is 41.0 Å². The van der Waals surface area contributed by atoms with E-state index in [0.717, 1.165) is 19.6 Å². The molecule has 0 saturated carbocycles. The fraction of sp³-hybridized carbons (Fsp3) is 0.857.